The molecule has 1 aromatic carbocycles. The summed E-state index contributed by atoms with van der Waals surface area (Å²) in [5.41, 5.74) is 0.262. The molecule has 0 aromatic heterocycles. The van der Waals surface area contributed by atoms with E-state index in [0.717, 1.165) is 19.4 Å². The molecule has 1 aromatic rings. The molecule has 1 saturated heterocycles. The molecule has 0 spiro atoms. The number of aliphatic hydroxyl groups excluding tert-OH is 1. The van der Waals surface area contributed by atoms with Crippen LogP contribution in [0, 0.1) is 5.82 Å². The van der Waals surface area contributed by atoms with Crippen molar-refractivity contribution in [1.82, 2.24) is 5.32 Å². The third-order valence-corrected chi connectivity index (χ3v) is 3.47. The summed E-state index contributed by atoms with van der Waals surface area (Å²) in [5.74, 6) is -0.480. The highest BCUT2D eigenvalue weighted by Gasteiger charge is 2.24. The van der Waals surface area contributed by atoms with Gasteiger partial charge in [0.15, 0.2) is 0 Å². The Kier molecular flexibility index (Phi) is 7.26. The van der Waals surface area contributed by atoms with E-state index in [1.807, 2.05) is 20.8 Å². The van der Waals surface area contributed by atoms with Crippen molar-refractivity contribution in [1.29, 1.82) is 0 Å². The quantitative estimate of drug-likeness (QED) is 0.835. The molecule has 2 atom stereocenters. The van der Waals surface area contributed by atoms with Crippen molar-refractivity contribution in [2.75, 3.05) is 6.54 Å². The number of nitrogens with one attached hydrogen (secondary N) is 1. The van der Waals surface area contributed by atoms with Crippen molar-refractivity contribution in [3.8, 4) is 0 Å². The highest BCUT2D eigenvalue weighted by molar-refractivity contribution is 6.30. The van der Waals surface area contributed by atoms with E-state index in [4.69, 9.17) is 11.6 Å². The molecule has 0 amide bonds. The van der Waals surface area contributed by atoms with E-state index in [1.54, 1.807) is 6.07 Å². The average molecular weight is 332 g/mol. The van der Waals surface area contributed by atoms with Gasteiger partial charge in [0.1, 0.15) is 11.4 Å². The van der Waals surface area contributed by atoms with Crippen molar-refractivity contribution >= 4 is 18.1 Å². The molecule has 0 aliphatic carbocycles. The molecular formula is C16H23ClFNO3. The van der Waals surface area contributed by atoms with Crippen LogP contribution in [0.3, 0.4) is 0 Å². The van der Waals surface area contributed by atoms with Crippen LogP contribution in [0.1, 0.15) is 45.3 Å². The van der Waals surface area contributed by atoms with Gasteiger partial charge in [-0.15, -0.1) is 0 Å². The third kappa shape index (κ3) is 6.30. The van der Waals surface area contributed by atoms with Crippen molar-refractivity contribution in [3.05, 3.63) is 34.6 Å². The number of ether oxygens (including phenoxy) is 1. The number of carbonyl (C=O) groups excluding carboxylic acids is 1. The van der Waals surface area contributed by atoms with Gasteiger partial charge in [-0.05, 0) is 57.9 Å². The fourth-order valence-corrected chi connectivity index (χ4v) is 2.17. The average Bonchev–Trinajstić information content (AvgIpc) is 2.94. The zero-order valence-corrected chi connectivity index (χ0v) is 13.9. The number of rotatable bonds is 3. The van der Waals surface area contributed by atoms with Gasteiger partial charge < -0.3 is 15.2 Å². The van der Waals surface area contributed by atoms with Crippen LogP contribution in [0.15, 0.2) is 18.2 Å². The summed E-state index contributed by atoms with van der Waals surface area (Å²) in [7, 11) is 0. The maximum absolute atomic E-state index is 13.2. The van der Waals surface area contributed by atoms with E-state index in [-0.39, 0.29) is 16.7 Å². The normalized spacial score (nSPS) is 19.1. The fourth-order valence-electron chi connectivity index (χ4n) is 2.05. The Morgan fingerprint density at radius 2 is 2.18 bits per heavy atom. The maximum Gasteiger partial charge on any atom is 0.293 e. The first-order chi connectivity index (χ1) is 10.2. The predicted octanol–water partition coefficient (Wildman–Crippen LogP) is 3.22. The van der Waals surface area contributed by atoms with Gasteiger partial charge in [0.05, 0.1) is 11.1 Å². The van der Waals surface area contributed by atoms with E-state index >= 15 is 0 Å². The molecule has 1 fully saturated rings. The highest BCUT2D eigenvalue weighted by atomic mass is 35.5. The number of aliphatic hydroxyl groups is 1. The Hall–Kier alpha value is -1.17. The van der Waals surface area contributed by atoms with Crippen LogP contribution in [0.2, 0.25) is 5.02 Å². The predicted molar refractivity (Wildman–Crippen MR) is 84.3 cm³/mol. The molecule has 4 nitrogen and oxygen atoms in total. The maximum atomic E-state index is 13.2. The van der Waals surface area contributed by atoms with E-state index < -0.39 is 11.9 Å². The van der Waals surface area contributed by atoms with Crippen molar-refractivity contribution in [3.63, 3.8) is 0 Å². The Balaban J connectivity index is 0.000000295. The summed E-state index contributed by atoms with van der Waals surface area (Å²) in [6, 6.07) is 4.47. The van der Waals surface area contributed by atoms with Gasteiger partial charge in [-0.2, -0.15) is 0 Å². The van der Waals surface area contributed by atoms with Crippen LogP contribution in [0.4, 0.5) is 4.39 Å². The van der Waals surface area contributed by atoms with Crippen molar-refractivity contribution in [2.24, 2.45) is 0 Å². The van der Waals surface area contributed by atoms with E-state index in [9.17, 15) is 14.3 Å². The smallest absolute Gasteiger partial charge is 0.293 e. The van der Waals surface area contributed by atoms with Crippen molar-refractivity contribution < 1.29 is 19.0 Å². The molecule has 124 valence electrons. The van der Waals surface area contributed by atoms with E-state index in [0.29, 0.717) is 12.0 Å². The lowest BCUT2D eigenvalue weighted by atomic mass is 10.0. The van der Waals surface area contributed by atoms with Gasteiger partial charge in [0, 0.05) is 6.04 Å². The molecule has 1 unspecified atom stereocenters. The summed E-state index contributed by atoms with van der Waals surface area (Å²) in [6.07, 6.45) is 1.32. The SMILES string of the molecule is CC(C)(C)OC=O.OC(c1ccc(Cl)c(F)c1)[C@H]1CCCN1. The summed E-state index contributed by atoms with van der Waals surface area (Å²) in [6.45, 7) is 6.84. The van der Waals surface area contributed by atoms with Crippen LogP contribution >= 0.6 is 11.6 Å². The minimum Gasteiger partial charge on any atom is -0.462 e. The van der Waals surface area contributed by atoms with E-state index in [2.05, 4.69) is 10.1 Å². The minimum atomic E-state index is -0.653. The number of hydrogen-bond acceptors (Lipinski definition) is 4. The van der Waals surface area contributed by atoms with Crippen molar-refractivity contribution in [2.45, 2.75) is 51.4 Å². The summed E-state index contributed by atoms with van der Waals surface area (Å²) >= 11 is 5.57. The zero-order chi connectivity index (χ0) is 16.8. The molecule has 0 saturated carbocycles. The second-order valence-corrected chi connectivity index (χ2v) is 6.55. The number of halogens is 2. The molecular weight excluding hydrogens is 309 g/mol. The van der Waals surface area contributed by atoms with Gasteiger partial charge in [-0.1, -0.05) is 17.7 Å². The lowest BCUT2D eigenvalue weighted by Crippen LogP contribution is -2.28. The number of carbonyl (C=O) groups is 1. The molecule has 2 N–H and O–H groups in total. The van der Waals surface area contributed by atoms with Gasteiger partial charge in [-0.25, -0.2) is 4.39 Å². The monoisotopic (exact) mass is 331 g/mol. The van der Waals surface area contributed by atoms with Gasteiger partial charge in [0.25, 0.3) is 6.47 Å². The first-order valence-electron chi connectivity index (χ1n) is 7.22. The molecule has 0 bridgehead atoms. The van der Waals surface area contributed by atoms with E-state index in [1.165, 1.54) is 12.1 Å². The van der Waals surface area contributed by atoms with Gasteiger partial charge in [-0.3, -0.25) is 4.79 Å². The third-order valence-electron chi connectivity index (χ3n) is 3.17. The second kappa shape index (κ2) is 8.46. The van der Waals surface area contributed by atoms with Crippen LogP contribution in [-0.2, 0) is 9.53 Å². The summed E-state index contributed by atoms with van der Waals surface area (Å²) < 4.78 is 17.7. The Morgan fingerprint density at radius 3 is 2.59 bits per heavy atom. The molecule has 0 radical (unpaired) electrons. The lowest BCUT2D eigenvalue weighted by molar-refractivity contribution is -0.138. The first-order valence-corrected chi connectivity index (χ1v) is 7.60. The highest BCUT2D eigenvalue weighted by Crippen LogP contribution is 2.25. The molecule has 2 rings (SSSR count). The first kappa shape index (κ1) is 18.9. The largest absolute Gasteiger partial charge is 0.462 e. The molecule has 1 heterocycles. The van der Waals surface area contributed by atoms with Crippen LogP contribution in [-0.4, -0.2) is 29.8 Å². The standard InChI is InChI=1S/C11H13ClFNO.C5H10O2/c12-8-4-3-7(6-9(8)13)11(15)10-2-1-5-14-10;1-5(2,3)7-4-6/h3-4,6,10-11,14-15H,1-2,5H2;4H,1-3H3/t10-,11?;/m1./s1. The second-order valence-electron chi connectivity index (χ2n) is 6.15. The number of hydrogen-bond donors (Lipinski definition) is 2. The Bertz CT molecular complexity index is 485. The van der Waals surface area contributed by atoms with Gasteiger partial charge in [0.2, 0.25) is 0 Å². The molecule has 1 aliphatic heterocycles. The molecule has 1 aliphatic rings. The Morgan fingerprint density at radius 1 is 1.50 bits per heavy atom. The van der Waals surface area contributed by atoms with Crippen LogP contribution in [0.25, 0.3) is 0 Å². The Labute approximate surface area is 135 Å². The molecule has 22 heavy (non-hydrogen) atoms. The van der Waals surface area contributed by atoms with Crippen LogP contribution in [0.5, 0.6) is 0 Å². The fraction of sp³-hybridized carbons (Fsp3) is 0.562. The molecule has 6 heteroatoms. The van der Waals surface area contributed by atoms with Gasteiger partial charge >= 0.3 is 0 Å². The lowest BCUT2D eigenvalue weighted by Gasteiger charge is -2.18. The zero-order valence-electron chi connectivity index (χ0n) is 13.1. The topological polar surface area (TPSA) is 58.6 Å². The summed E-state index contributed by atoms with van der Waals surface area (Å²) in [4.78, 5) is 9.60. The van der Waals surface area contributed by atoms with Crippen LogP contribution < -0.4 is 5.32 Å². The number of benzene rings is 1. The summed E-state index contributed by atoms with van der Waals surface area (Å²) in [5, 5.41) is 13.2. The minimum absolute atomic E-state index is 0.0329.